The Hall–Kier alpha value is -6.91. The number of aliphatic hydroxyl groups is 1. The molecule has 4 heterocycles. The number of aliphatic hydroxyl groups excluding tert-OH is 1. The monoisotopic (exact) mass is 1660 g/mol. The van der Waals surface area contributed by atoms with Crippen LogP contribution in [0.4, 0.5) is 0 Å². The maximum atomic E-state index is 12.8. The zero-order valence-electron chi connectivity index (χ0n) is 63.6. The summed E-state index contributed by atoms with van der Waals surface area (Å²) < 4.78 is 43.9. The molecule has 4 aromatic rings. The number of aldehydes is 1. The third kappa shape index (κ3) is 41.5. The summed E-state index contributed by atoms with van der Waals surface area (Å²) in [5.41, 5.74) is 4.95. The average Bonchev–Trinajstić information content (AvgIpc) is 1.68. The zero-order chi connectivity index (χ0) is 74.8. The summed E-state index contributed by atoms with van der Waals surface area (Å²) in [5.74, 6) is -3.37. The van der Waals surface area contributed by atoms with Crippen molar-refractivity contribution < 1.29 is 111 Å². The first-order chi connectivity index (χ1) is 51.2. The molecule has 0 bridgehead atoms. The Labute approximate surface area is 717 Å². The van der Waals surface area contributed by atoms with Crippen LogP contribution in [0.3, 0.4) is 0 Å². The molecule has 0 aromatic heterocycles. The minimum atomic E-state index is -1.32. The fraction of sp³-hybridized carbons (Fsp3) is 0.475. The smallest absolute Gasteiger partial charge is 1.00 e. The van der Waals surface area contributed by atoms with E-state index in [0.29, 0.717) is 140 Å². The van der Waals surface area contributed by atoms with Crippen molar-refractivity contribution >= 4 is 125 Å². The number of amides is 7. The second-order valence-electron chi connectivity index (χ2n) is 25.0. The standard InChI is InChI=1S/C20H26N2O5.C20H24N2O5.C18H24N2O5.C16H19NO4.C4H5N.2CH4.Al.Li.4H2S.4H/c2*23-18(20(25)21-15-8-9-15)17-7-3-4-10-26-11-12-27-13-14-5-1-2-6-16(14)19(24)22-17;1-20(23-2)18(22)16-9-5-6-10-24-11-12-25-13-14-7-3-4-8-15(14)17(21)19-16;18-11-14-6-3-4-8-20-9-10-21-12-13-5-1-2-7-15(13)16(19)17-14;1-5-4-2-3-4;;;;;;;;;;;;/h1-6,15,17-18,23H,7-13H2,(H,21,25)(H,22,24);1-6,15,17H,7-13H2,(H,21,25)(H,22,24);3-8,16H,9-13H2,1-2H3,(H,19,21);1-5,7,11,14H,6,8-10,12H2,(H,17,19);4H,2-3H2;2*1H4;;;4*1H2;;;;/q;;;;;;;;+1;;;;;;;;-1/b2*4-3-;;;;;;;;;;;;;;;/t17-,18?;17-;16-;14-;;;;;;;;;;;;;/m0000............./s1. The van der Waals surface area contributed by atoms with Crippen LogP contribution in [-0.2, 0) is 93.1 Å². The number of rotatable bonds is 9. The van der Waals surface area contributed by atoms with E-state index in [-0.39, 0.29) is 162 Å². The van der Waals surface area contributed by atoms with Gasteiger partial charge in [0.15, 0.2) is 23.5 Å². The molecule has 620 valence electrons. The molecule has 33 heteroatoms. The summed E-state index contributed by atoms with van der Waals surface area (Å²) in [6, 6.07) is 26.3. The number of ketones is 1. The minimum Gasteiger partial charge on any atom is -1.00 e. The van der Waals surface area contributed by atoms with Gasteiger partial charge in [-0.25, -0.2) is 11.6 Å². The minimum absolute atomic E-state index is 0. The van der Waals surface area contributed by atoms with Gasteiger partial charge in [-0.05, 0) is 97.9 Å². The quantitative estimate of drug-likeness (QED) is 0.0315. The first kappa shape index (κ1) is 108. The van der Waals surface area contributed by atoms with Crippen LogP contribution >= 0.6 is 54.0 Å². The van der Waals surface area contributed by atoms with Crippen LogP contribution in [0.25, 0.3) is 4.85 Å². The molecule has 5 atom stereocenters. The zero-order valence-corrected chi connectivity index (χ0v) is 66.6. The van der Waals surface area contributed by atoms with Crippen molar-refractivity contribution in [3.63, 3.8) is 0 Å². The maximum absolute atomic E-state index is 12.8. The Morgan fingerprint density at radius 3 is 1.20 bits per heavy atom. The van der Waals surface area contributed by atoms with Crippen molar-refractivity contribution in [2.45, 2.75) is 154 Å². The molecule has 7 aliphatic rings. The number of hydrogen-bond donors (Lipinski definition) is 7. The number of Topliss-reactive ketones (excluding diaryl/α,β-unsaturated/α-hetero) is 1. The molecular formula is C80H118AlLiN8O19S4. The number of ether oxygens (including phenoxy) is 8. The fourth-order valence-corrected chi connectivity index (χ4v) is 10.2. The molecule has 7 amide bonds. The SMILES string of the molecule is C.C.CON(C)C(=O)[C@@H]1CC=CCOCCOCc2ccccc2C(=O)N1.O=C(NC1CC1)C(=O)[C@@H]1C/C=C\COCCOCc2ccccc2C(=O)N1.O=C1N[C@H](C(O)C(=O)NC2CC2)C/C=C\COCCOCc2ccccc21.O=C[C@@H]1CC=CCOCCOCc2ccccc2C(=O)N1.S.S.S.S.[AlH3].[C-]#[N+]C1CC1.[H-].[Li+]. The first-order valence-electron chi connectivity index (χ1n) is 35.4. The Kier molecular flexibility index (Phi) is 59.7. The first-order valence-corrected chi connectivity index (χ1v) is 35.4. The number of carbonyl (C=O) groups excluding carboxylic acids is 9. The molecule has 4 aliphatic heterocycles. The maximum Gasteiger partial charge on any atom is 1.00 e. The predicted molar refractivity (Wildman–Crippen MR) is 453 cm³/mol. The number of fused-ring (bicyclic) bond motifs is 4. The van der Waals surface area contributed by atoms with E-state index in [4.69, 9.17) is 49.3 Å². The summed E-state index contributed by atoms with van der Waals surface area (Å²) in [7, 11) is 2.91. The number of carbonyl (C=O) groups is 9. The van der Waals surface area contributed by atoms with Crippen molar-refractivity contribution in [2.24, 2.45) is 0 Å². The van der Waals surface area contributed by atoms with Crippen molar-refractivity contribution in [2.75, 3.05) is 93.4 Å². The molecular weight excluding hydrogens is 1540 g/mol. The second kappa shape index (κ2) is 62.4. The van der Waals surface area contributed by atoms with Gasteiger partial charge in [0.2, 0.25) is 11.8 Å². The van der Waals surface area contributed by atoms with Crippen LogP contribution in [0.15, 0.2) is 146 Å². The van der Waals surface area contributed by atoms with Crippen LogP contribution < -0.4 is 50.8 Å². The molecule has 11 rings (SSSR count). The predicted octanol–water partition coefficient (Wildman–Crippen LogP) is 3.54. The largest absolute Gasteiger partial charge is 1.00 e. The van der Waals surface area contributed by atoms with Crippen LogP contribution in [-0.4, -0.2) is 223 Å². The van der Waals surface area contributed by atoms with Gasteiger partial charge in [-0.3, -0.25) is 43.2 Å². The van der Waals surface area contributed by atoms with Gasteiger partial charge in [0.1, 0.15) is 18.4 Å². The molecule has 1 unspecified atom stereocenters. The van der Waals surface area contributed by atoms with Crippen LogP contribution in [0.2, 0.25) is 0 Å². The van der Waals surface area contributed by atoms with E-state index >= 15 is 0 Å². The Morgan fingerprint density at radius 1 is 0.504 bits per heavy atom. The molecule has 3 aliphatic carbocycles. The molecule has 27 nitrogen and oxygen atoms in total. The number of hydrogen-bond acceptors (Lipinski definition) is 19. The second-order valence-corrected chi connectivity index (χ2v) is 25.0. The Morgan fingerprint density at radius 2 is 0.841 bits per heavy atom. The number of likely N-dealkylation sites (N-methyl/N-ethyl adjacent to an activating group) is 1. The van der Waals surface area contributed by atoms with Gasteiger partial charge in [0, 0.05) is 54.2 Å². The normalized spacial score (nSPS) is 20.3. The van der Waals surface area contributed by atoms with E-state index in [1.54, 1.807) is 72.8 Å². The van der Waals surface area contributed by atoms with Gasteiger partial charge in [0.05, 0.1) is 125 Å². The number of nitrogens with zero attached hydrogens (tertiary/aromatic N) is 2. The van der Waals surface area contributed by atoms with Crippen LogP contribution in [0, 0.1) is 6.57 Å². The molecule has 4 aromatic carbocycles. The number of benzene rings is 4. The van der Waals surface area contributed by atoms with E-state index in [1.165, 1.54) is 14.2 Å². The molecule has 0 spiro atoms. The number of nitrogens with one attached hydrogen (secondary N) is 6. The molecule has 7 N–H and O–H groups in total. The molecule has 0 saturated heterocycles. The fourth-order valence-electron chi connectivity index (χ4n) is 10.2. The summed E-state index contributed by atoms with van der Waals surface area (Å²) in [5, 5.41) is 28.1. The Balaban J connectivity index is -0.00000138. The van der Waals surface area contributed by atoms with Crippen molar-refractivity contribution in [1.82, 2.24) is 37.0 Å². The van der Waals surface area contributed by atoms with E-state index in [1.807, 2.05) is 72.8 Å². The van der Waals surface area contributed by atoms with Crippen LogP contribution in [0.1, 0.15) is 144 Å². The van der Waals surface area contributed by atoms with E-state index in [9.17, 15) is 48.3 Å². The van der Waals surface area contributed by atoms with Gasteiger partial charge < -0.3 is 86.0 Å². The van der Waals surface area contributed by atoms with Crippen molar-refractivity contribution in [1.29, 1.82) is 0 Å². The van der Waals surface area contributed by atoms with Gasteiger partial charge >= 0.3 is 18.9 Å². The molecule has 3 saturated carbocycles. The Bertz CT molecular complexity index is 3670. The van der Waals surface area contributed by atoms with E-state index < -0.39 is 53.8 Å². The number of hydroxylamine groups is 2. The third-order valence-electron chi connectivity index (χ3n) is 16.7. The summed E-state index contributed by atoms with van der Waals surface area (Å²) in [4.78, 5) is 119. The summed E-state index contributed by atoms with van der Waals surface area (Å²) in [6.45, 7) is 12.9. The van der Waals surface area contributed by atoms with E-state index in [0.717, 1.165) is 72.1 Å². The molecule has 0 radical (unpaired) electrons. The van der Waals surface area contributed by atoms with E-state index in [2.05, 4.69) is 36.7 Å². The van der Waals surface area contributed by atoms with Gasteiger partial charge in [0.25, 0.3) is 41.4 Å². The molecule has 3 fully saturated rings. The average molecular weight is 1660 g/mol. The van der Waals surface area contributed by atoms with Gasteiger partial charge in [-0.2, -0.15) is 54.0 Å². The third-order valence-corrected chi connectivity index (χ3v) is 16.7. The molecule has 113 heavy (non-hydrogen) atoms. The summed E-state index contributed by atoms with van der Waals surface area (Å²) in [6.07, 6.45) is 21.1. The van der Waals surface area contributed by atoms with Gasteiger partial charge in [-0.15, -0.1) is 0 Å². The van der Waals surface area contributed by atoms with Crippen molar-refractivity contribution in [3.8, 4) is 0 Å². The van der Waals surface area contributed by atoms with Gasteiger partial charge in [-0.1, -0.05) is 136 Å². The summed E-state index contributed by atoms with van der Waals surface area (Å²) >= 11 is 0. The topological polar surface area (TPSA) is 337 Å². The van der Waals surface area contributed by atoms with Crippen molar-refractivity contribution in [3.05, 3.63) is 202 Å². The van der Waals surface area contributed by atoms with Crippen LogP contribution in [0.5, 0.6) is 0 Å².